The predicted molar refractivity (Wildman–Crippen MR) is 215 cm³/mol. The zero-order valence-electron chi connectivity index (χ0n) is 36.1. The second-order valence-corrected chi connectivity index (χ2v) is 29.4. The Morgan fingerprint density at radius 1 is 0.593 bits per heavy atom. The Kier molecular flexibility index (Phi) is 17.0. The first kappa shape index (κ1) is 52.8. The van der Waals surface area contributed by atoms with Crippen LogP contribution in [0.1, 0.15) is 161 Å². The molecule has 2 aromatic carbocycles. The van der Waals surface area contributed by atoms with Crippen LogP contribution in [0.4, 0.5) is 26.3 Å². The fourth-order valence-electron chi connectivity index (χ4n) is 7.76. The smallest absolute Gasteiger partial charge is 0.542 e. The van der Waals surface area contributed by atoms with Crippen LogP contribution in [-0.2, 0) is 41.5 Å². The molecular formula is C42H66F6O3P2Pd+2. The van der Waals surface area contributed by atoms with Gasteiger partial charge in [0.2, 0.25) is 0 Å². The van der Waals surface area contributed by atoms with Gasteiger partial charge in [-0.2, -0.15) is 13.2 Å². The van der Waals surface area contributed by atoms with Crippen LogP contribution in [0, 0.1) is 6.68 Å². The third-order valence-corrected chi connectivity index (χ3v) is 17.1. The van der Waals surface area contributed by atoms with E-state index in [-0.39, 0.29) is 57.3 Å². The minimum absolute atomic E-state index is 0. The first-order valence-electron chi connectivity index (χ1n) is 18.0. The fourth-order valence-corrected chi connectivity index (χ4v) is 16.9. The zero-order valence-corrected chi connectivity index (χ0v) is 39.7. The van der Waals surface area contributed by atoms with Crippen molar-refractivity contribution >= 4 is 32.4 Å². The van der Waals surface area contributed by atoms with Crippen molar-refractivity contribution in [3.63, 3.8) is 0 Å². The van der Waals surface area contributed by atoms with Crippen LogP contribution < -0.4 is 20.5 Å². The number of ether oxygens (including phenoxy) is 1. The number of hydrogen-bond acceptors (Lipinski definition) is 3. The van der Waals surface area contributed by atoms with E-state index in [9.17, 15) is 26.3 Å². The van der Waals surface area contributed by atoms with Gasteiger partial charge in [-0.05, 0) is 117 Å². The number of fused-ring (bicyclic) bond motifs is 2. The standard InChI is InChI=1S/C39H64OP2.C2HF3O2.CF3.Pd/c1-33(2,3)25-21-27-31(29(23-25)41(35(7,8)9)36(10,11)12)40-32-28(39(27,19)20)22-26(34(4,5)6)24-30(32)42(37(13,14)15)38(16,17)18;3-2(4,5)1(6)7;2-1(3)4;/h21-24H,1-20H3;(H,6,7);;/q;;-1;+2/p+1. The molecule has 0 N–H and O–H groups in total. The minimum atomic E-state index is -5.19. The average molecular weight is 901 g/mol. The van der Waals surface area contributed by atoms with Gasteiger partial charge in [0.15, 0.2) is 18.2 Å². The molecule has 312 valence electrons. The molecule has 0 bridgehead atoms. The summed E-state index contributed by atoms with van der Waals surface area (Å²) in [7, 11) is -2.13. The molecule has 0 aromatic heterocycles. The van der Waals surface area contributed by atoms with Crippen molar-refractivity contribution in [3.8, 4) is 11.5 Å². The first-order valence-corrected chi connectivity index (χ1v) is 21.0. The molecule has 0 fully saturated rings. The van der Waals surface area contributed by atoms with Gasteiger partial charge >= 0.3 is 26.6 Å². The van der Waals surface area contributed by atoms with Crippen LogP contribution in [-0.4, -0.2) is 32.8 Å². The summed E-state index contributed by atoms with van der Waals surface area (Å²) in [6, 6.07) is 10.1. The number of aliphatic carboxylic acids is 1. The van der Waals surface area contributed by atoms with Gasteiger partial charge in [0.1, 0.15) is 16.6 Å². The summed E-state index contributed by atoms with van der Waals surface area (Å²) in [5, 5.41) is 12.4. The van der Waals surface area contributed by atoms with Crippen LogP contribution in [0.25, 0.3) is 0 Å². The SMILES string of the molecule is CC(C)(C)c1cc([PH+](C(C)(C)C)C(C)(C)C)c2c(c1)C(C)(C)c1cc(C(C)(C)C)cc([PH+](C(C)(C)C)C(C)(C)C)c1O2.F[C-](F)F.O=C([O-])C(F)(F)F.[Pd+2]. The summed E-state index contributed by atoms with van der Waals surface area (Å²) in [5.41, 5.74) is 5.51. The van der Waals surface area contributed by atoms with Gasteiger partial charge in [-0.15, -0.1) is 0 Å². The fraction of sp³-hybridized carbons (Fsp3) is 0.667. The molecule has 3 rings (SSSR count). The molecule has 0 saturated carbocycles. The summed E-state index contributed by atoms with van der Waals surface area (Å²) in [4.78, 5) is 8.78. The molecule has 0 saturated heterocycles. The van der Waals surface area contributed by atoms with Crippen LogP contribution in [0.3, 0.4) is 0 Å². The molecule has 2 aromatic rings. The normalized spacial score (nSPS) is 14.9. The van der Waals surface area contributed by atoms with E-state index in [2.05, 4.69) is 163 Å². The number of benzene rings is 2. The number of halogens is 6. The van der Waals surface area contributed by atoms with E-state index in [0.29, 0.717) is 0 Å². The second kappa shape index (κ2) is 17.3. The van der Waals surface area contributed by atoms with Gasteiger partial charge in [0.25, 0.3) is 0 Å². The van der Waals surface area contributed by atoms with Gasteiger partial charge in [-0.3, -0.25) is 0 Å². The van der Waals surface area contributed by atoms with E-state index in [1.54, 1.807) is 0 Å². The number of carboxylic acids is 1. The molecule has 3 nitrogen and oxygen atoms in total. The Morgan fingerprint density at radius 3 is 0.981 bits per heavy atom. The number of carbonyl (C=O) groups excluding carboxylic acids is 1. The maximum atomic E-state index is 10.5. The molecule has 0 spiro atoms. The monoisotopic (exact) mass is 900 g/mol. The van der Waals surface area contributed by atoms with Gasteiger partial charge in [-0.1, -0.05) is 67.5 Å². The summed E-state index contributed by atoms with van der Waals surface area (Å²) >= 11 is 0. The molecule has 0 unspecified atom stereocenters. The van der Waals surface area contributed by atoms with Crippen molar-refractivity contribution in [2.75, 3.05) is 0 Å². The second-order valence-electron chi connectivity index (χ2n) is 20.8. The van der Waals surface area contributed by atoms with Gasteiger partial charge < -0.3 is 27.8 Å². The molecule has 1 aliphatic rings. The van der Waals surface area contributed by atoms with Gasteiger partial charge in [0.05, 0.1) is 20.6 Å². The molecule has 0 amide bonds. The van der Waals surface area contributed by atoms with Crippen molar-refractivity contribution in [1.29, 1.82) is 0 Å². The Balaban J connectivity index is 0.00000204. The van der Waals surface area contributed by atoms with Crippen LogP contribution >= 0.6 is 15.8 Å². The van der Waals surface area contributed by atoms with Gasteiger partial charge in [0, 0.05) is 32.4 Å². The molecule has 12 heteroatoms. The molecule has 54 heavy (non-hydrogen) atoms. The number of rotatable bonds is 2. The largest absolute Gasteiger partial charge is 2.00 e. The number of carbonyl (C=O) groups is 1. The molecule has 1 heterocycles. The van der Waals surface area contributed by atoms with E-state index in [1.807, 2.05) is 0 Å². The summed E-state index contributed by atoms with van der Waals surface area (Å²) < 4.78 is 67.8. The quantitative estimate of drug-likeness (QED) is 0.131. The summed E-state index contributed by atoms with van der Waals surface area (Å²) in [5.74, 6) is -0.686. The van der Waals surface area contributed by atoms with Crippen LogP contribution in [0.2, 0.25) is 0 Å². The van der Waals surface area contributed by atoms with E-state index in [1.165, 1.54) is 32.9 Å². The molecule has 0 radical (unpaired) electrons. The Labute approximate surface area is 338 Å². The molecular weight excluding hydrogens is 835 g/mol. The maximum Gasteiger partial charge on any atom is 2.00 e. The van der Waals surface area contributed by atoms with Gasteiger partial charge in [-0.25, -0.2) is 0 Å². The van der Waals surface area contributed by atoms with Crippen molar-refractivity contribution in [3.05, 3.63) is 53.2 Å². The molecule has 0 atom stereocenters. The Hall–Kier alpha value is -1.19. The number of alkyl halides is 3. The maximum absolute atomic E-state index is 10.5. The van der Waals surface area contributed by atoms with E-state index in [0.717, 1.165) is 11.5 Å². The summed E-state index contributed by atoms with van der Waals surface area (Å²) in [6.07, 6.45) is -5.19. The Morgan fingerprint density at radius 2 is 0.815 bits per heavy atom. The van der Waals surface area contributed by atoms with E-state index >= 15 is 0 Å². The van der Waals surface area contributed by atoms with Crippen molar-refractivity contribution in [1.82, 2.24) is 0 Å². The molecule has 0 aliphatic carbocycles. The minimum Gasteiger partial charge on any atom is -0.542 e. The third kappa shape index (κ3) is 13.5. The zero-order chi connectivity index (χ0) is 42.5. The van der Waals surface area contributed by atoms with Crippen molar-refractivity contribution in [2.45, 2.75) is 182 Å². The van der Waals surface area contributed by atoms with Crippen molar-refractivity contribution < 1.29 is 61.4 Å². The summed E-state index contributed by atoms with van der Waals surface area (Å²) in [6.45, 7) is 45.4. The predicted octanol–water partition coefficient (Wildman–Crippen LogP) is 12.2. The number of hydrogen-bond donors (Lipinski definition) is 0. The molecule has 1 aliphatic heterocycles. The third-order valence-electron chi connectivity index (χ3n) is 9.23. The van der Waals surface area contributed by atoms with E-state index in [4.69, 9.17) is 14.6 Å². The van der Waals surface area contributed by atoms with E-state index < -0.39 is 34.7 Å². The topological polar surface area (TPSA) is 49.4 Å². The van der Waals surface area contributed by atoms with Crippen LogP contribution in [0.5, 0.6) is 11.5 Å². The number of carboxylic acid groups (broad SMARTS) is 1. The average Bonchev–Trinajstić information content (AvgIpc) is 2.84. The Bertz CT molecular complexity index is 1460. The van der Waals surface area contributed by atoms with Crippen LogP contribution in [0.15, 0.2) is 24.3 Å². The first-order chi connectivity index (χ1) is 23.1. The van der Waals surface area contributed by atoms with Crippen molar-refractivity contribution in [2.24, 2.45) is 0 Å².